The second kappa shape index (κ2) is 6.41. The molecule has 1 aromatic heterocycles. The van der Waals surface area contributed by atoms with Crippen molar-refractivity contribution in [3.05, 3.63) is 52.9 Å². The average Bonchev–Trinajstić information content (AvgIpc) is 2.96. The largest absolute Gasteiger partial charge is 0.477 e. The number of carbonyl (C=O) groups is 1. The van der Waals surface area contributed by atoms with Gasteiger partial charge < -0.3 is 20.7 Å². The highest BCUT2D eigenvalue weighted by atomic mass is 35.5. The Morgan fingerprint density at radius 3 is 2.71 bits per heavy atom. The zero-order chi connectivity index (χ0) is 17.3. The van der Waals surface area contributed by atoms with Gasteiger partial charge in [-0.05, 0) is 43.3 Å². The summed E-state index contributed by atoms with van der Waals surface area (Å²) in [6.45, 7) is 2.69. The van der Waals surface area contributed by atoms with Gasteiger partial charge in [-0.15, -0.1) is 0 Å². The molecule has 7 heteroatoms. The van der Waals surface area contributed by atoms with Gasteiger partial charge in [0.15, 0.2) is 0 Å². The Balaban J connectivity index is 2.09. The van der Waals surface area contributed by atoms with Crippen LogP contribution in [0.25, 0.3) is 10.9 Å². The maximum absolute atomic E-state index is 13.3. The maximum Gasteiger partial charge on any atom is 0.352 e. The lowest BCUT2D eigenvalue weighted by molar-refractivity contribution is 0.0691. The third-order valence-corrected chi connectivity index (χ3v) is 3.84. The fraction of sp³-hybridized carbons (Fsp3) is 0.118. The molecule has 1 heterocycles. The standard InChI is InChI=1S/C17H15ClFN3O2/c1-2-20-10-6-14(21-9-3-4-13(19)12(18)5-9)11-8-16(17(23)24)22-15(11)7-10/h3-8,20-22H,2H2,1H3,(H,23,24). The Morgan fingerprint density at radius 2 is 2.04 bits per heavy atom. The molecule has 124 valence electrons. The molecule has 0 atom stereocenters. The summed E-state index contributed by atoms with van der Waals surface area (Å²) in [7, 11) is 0. The van der Waals surface area contributed by atoms with Gasteiger partial charge in [-0.3, -0.25) is 0 Å². The number of aromatic carboxylic acids is 1. The minimum Gasteiger partial charge on any atom is -0.477 e. The molecule has 3 aromatic rings. The highest BCUT2D eigenvalue weighted by Crippen LogP contribution is 2.32. The predicted molar refractivity (Wildman–Crippen MR) is 94.1 cm³/mol. The Labute approximate surface area is 142 Å². The second-order valence-electron chi connectivity index (χ2n) is 5.26. The maximum atomic E-state index is 13.3. The molecule has 0 amide bonds. The highest BCUT2D eigenvalue weighted by molar-refractivity contribution is 6.31. The van der Waals surface area contributed by atoms with Gasteiger partial charge in [0.05, 0.1) is 10.5 Å². The molecule has 0 aliphatic heterocycles. The number of hydrogen-bond donors (Lipinski definition) is 4. The molecule has 24 heavy (non-hydrogen) atoms. The fourth-order valence-corrected chi connectivity index (χ4v) is 2.67. The van der Waals surface area contributed by atoms with E-state index < -0.39 is 11.8 Å². The number of carboxylic acids is 1. The van der Waals surface area contributed by atoms with Crippen LogP contribution in [0.15, 0.2) is 36.4 Å². The molecule has 0 bridgehead atoms. The van der Waals surface area contributed by atoms with Crippen molar-refractivity contribution in [2.45, 2.75) is 6.92 Å². The van der Waals surface area contributed by atoms with Crippen molar-refractivity contribution in [2.75, 3.05) is 17.2 Å². The molecule has 0 saturated carbocycles. The van der Waals surface area contributed by atoms with E-state index in [1.807, 2.05) is 19.1 Å². The van der Waals surface area contributed by atoms with Crippen molar-refractivity contribution in [3.8, 4) is 0 Å². The van der Waals surface area contributed by atoms with E-state index in [1.54, 1.807) is 12.1 Å². The fourth-order valence-electron chi connectivity index (χ4n) is 2.49. The second-order valence-corrected chi connectivity index (χ2v) is 5.66. The van der Waals surface area contributed by atoms with Crippen LogP contribution in [0.5, 0.6) is 0 Å². The van der Waals surface area contributed by atoms with E-state index in [4.69, 9.17) is 11.6 Å². The molecule has 3 rings (SSSR count). The van der Waals surface area contributed by atoms with E-state index in [-0.39, 0.29) is 10.7 Å². The van der Waals surface area contributed by atoms with Gasteiger partial charge in [-0.1, -0.05) is 11.6 Å². The third-order valence-electron chi connectivity index (χ3n) is 3.55. The summed E-state index contributed by atoms with van der Waals surface area (Å²) >= 11 is 5.81. The smallest absolute Gasteiger partial charge is 0.352 e. The van der Waals surface area contributed by atoms with Crippen molar-refractivity contribution in [2.24, 2.45) is 0 Å². The molecule has 2 aromatic carbocycles. The molecule has 0 fully saturated rings. The Hall–Kier alpha value is -2.73. The summed E-state index contributed by atoms with van der Waals surface area (Å²) in [6, 6.07) is 9.58. The monoisotopic (exact) mass is 347 g/mol. The zero-order valence-corrected chi connectivity index (χ0v) is 13.5. The van der Waals surface area contributed by atoms with Crippen molar-refractivity contribution >= 4 is 45.5 Å². The van der Waals surface area contributed by atoms with Gasteiger partial charge >= 0.3 is 5.97 Å². The third kappa shape index (κ3) is 3.14. The lowest BCUT2D eigenvalue weighted by Crippen LogP contribution is -1.98. The van der Waals surface area contributed by atoms with Crippen LogP contribution in [-0.4, -0.2) is 22.6 Å². The number of anilines is 3. The van der Waals surface area contributed by atoms with Crippen LogP contribution in [0.3, 0.4) is 0 Å². The quantitative estimate of drug-likeness (QED) is 0.533. The SMILES string of the molecule is CCNc1cc(Nc2ccc(F)c(Cl)c2)c2cc(C(=O)O)[nH]c2c1. The number of fused-ring (bicyclic) bond motifs is 1. The molecule has 0 spiro atoms. The number of carboxylic acid groups (broad SMARTS) is 1. The summed E-state index contributed by atoms with van der Waals surface area (Å²) < 4.78 is 13.3. The van der Waals surface area contributed by atoms with Crippen LogP contribution < -0.4 is 10.6 Å². The number of hydrogen-bond acceptors (Lipinski definition) is 3. The Bertz CT molecular complexity index is 924. The number of H-pyrrole nitrogens is 1. The lowest BCUT2D eigenvalue weighted by Gasteiger charge is -2.12. The summed E-state index contributed by atoms with van der Waals surface area (Å²) in [5.41, 5.74) is 2.91. The van der Waals surface area contributed by atoms with Crippen LogP contribution in [-0.2, 0) is 0 Å². The first-order chi connectivity index (χ1) is 11.5. The summed E-state index contributed by atoms with van der Waals surface area (Å²) in [5, 5.41) is 16.3. The molecule has 5 nitrogen and oxygen atoms in total. The number of aromatic nitrogens is 1. The van der Waals surface area contributed by atoms with E-state index >= 15 is 0 Å². The van der Waals surface area contributed by atoms with Crippen LogP contribution in [0.1, 0.15) is 17.4 Å². The topological polar surface area (TPSA) is 77.2 Å². The minimum atomic E-state index is -1.04. The number of aromatic amines is 1. The molecule has 4 N–H and O–H groups in total. The van der Waals surface area contributed by atoms with Crippen LogP contribution in [0, 0.1) is 5.82 Å². The molecular weight excluding hydrogens is 333 g/mol. The first-order valence-electron chi connectivity index (χ1n) is 7.34. The van der Waals surface area contributed by atoms with E-state index in [9.17, 15) is 14.3 Å². The number of halogens is 2. The Kier molecular flexibility index (Phi) is 4.31. The van der Waals surface area contributed by atoms with Crippen LogP contribution >= 0.6 is 11.6 Å². The van der Waals surface area contributed by atoms with Crippen LogP contribution in [0.2, 0.25) is 5.02 Å². The predicted octanol–water partition coefficient (Wildman–Crippen LogP) is 4.83. The van der Waals surface area contributed by atoms with E-state index in [0.717, 1.165) is 17.6 Å². The first kappa shape index (κ1) is 16.1. The highest BCUT2D eigenvalue weighted by Gasteiger charge is 2.12. The van der Waals surface area contributed by atoms with Crippen molar-refractivity contribution in [3.63, 3.8) is 0 Å². The van der Waals surface area contributed by atoms with Crippen LogP contribution in [0.4, 0.5) is 21.5 Å². The average molecular weight is 348 g/mol. The summed E-state index contributed by atoms with van der Waals surface area (Å²) in [4.78, 5) is 14.1. The minimum absolute atomic E-state index is 0.0133. The van der Waals surface area contributed by atoms with Crippen molar-refractivity contribution in [1.29, 1.82) is 0 Å². The molecule has 0 aliphatic carbocycles. The van der Waals surface area contributed by atoms with Crippen molar-refractivity contribution in [1.82, 2.24) is 4.98 Å². The summed E-state index contributed by atoms with van der Waals surface area (Å²) in [5.74, 6) is -1.53. The molecule has 0 radical (unpaired) electrons. The molecule has 0 saturated heterocycles. The summed E-state index contributed by atoms with van der Waals surface area (Å²) in [6.07, 6.45) is 0. The normalized spacial score (nSPS) is 10.8. The number of nitrogens with one attached hydrogen (secondary N) is 3. The van der Waals surface area contributed by atoms with E-state index in [1.165, 1.54) is 12.1 Å². The van der Waals surface area contributed by atoms with E-state index in [2.05, 4.69) is 15.6 Å². The molecule has 0 unspecified atom stereocenters. The van der Waals surface area contributed by atoms with Gasteiger partial charge in [0.25, 0.3) is 0 Å². The first-order valence-corrected chi connectivity index (χ1v) is 7.71. The number of rotatable bonds is 5. The number of benzene rings is 2. The molecule has 0 aliphatic rings. The van der Waals surface area contributed by atoms with Gasteiger partial charge in [0.1, 0.15) is 11.5 Å². The Morgan fingerprint density at radius 1 is 1.25 bits per heavy atom. The zero-order valence-electron chi connectivity index (χ0n) is 12.8. The van der Waals surface area contributed by atoms with Gasteiger partial charge in [-0.25, -0.2) is 9.18 Å². The lowest BCUT2D eigenvalue weighted by atomic mass is 10.1. The van der Waals surface area contributed by atoms with E-state index in [0.29, 0.717) is 16.9 Å². The van der Waals surface area contributed by atoms with Gasteiger partial charge in [-0.2, -0.15) is 0 Å². The van der Waals surface area contributed by atoms with Gasteiger partial charge in [0, 0.05) is 29.0 Å². The molecular formula is C17H15ClFN3O2. The van der Waals surface area contributed by atoms with Crippen molar-refractivity contribution < 1.29 is 14.3 Å². The van der Waals surface area contributed by atoms with Gasteiger partial charge in [0.2, 0.25) is 0 Å².